The maximum Gasteiger partial charge on any atom is 0.248 e. The molecule has 0 aliphatic carbocycles. The average Bonchev–Trinajstić information content (AvgIpc) is 2.68. The Kier molecular flexibility index (Phi) is 3.61. The summed E-state index contributed by atoms with van der Waals surface area (Å²) in [6.45, 7) is 0.308. The summed E-state index contributed by atoms with van der Waals surface area (Å²) in [5, 5.41) is 0.872. The van der Waals surface area contributed by atoms with Crippen molar-refractivity contribution in [3.63, 3.8) is 0 Å². The van der Waals surface area contributed by atoms with Crippen LogP contribution in [0.4, 0.5) is 10.1 Å². The van der Waals surface area contributed by atoms with Gasteiger partial charge in [-0.3, -0.25) is 4.79 Å². The van der Waals surface area contributed by atoms with Crippen molar-refractivity contribution >= 4 is 34.8 Å². The van der Waals surface area contributed by atoms with Crippen molar-refractivity contribution in [3.8, 4) is 0 Å². The summed E-state index contributed by atoms with van der Waals surface area (Å²) in [7, 11) is 0. The summed E-state index contributed by atoms with van der Waals surface area (Å²) < 4.78 is 13.3. The number of rotatable bonds is 2. The van der Waals surface area contributed by atoms with Gasteiger partial charge in [0.05, 0.1) is 16.6 Å². The zero-order valence-corrected chi connectivity index (χ0v) is 12.3. The Morgan fingerprint density at radius 1 is 1.14 bits per heavy atom. The molecule has 0 fully saturated rings. The lowest BCUT2D eigenvalue weighted by Gasteiger charge is -2.18. The number of halogens is 3. The van der Waals surface area contributed by atoms with Crippen LogP contribution in [0.1, 0.15) is 17.2 Å². The van der Waals surface area contributed by atoms with Crippen LogP contribution in [0.15, 0.2) is 36.4 Å². The number of benzene rings is 2. The molecule has 21 heavy (non-hydrogen) atoms. The maximum atomic E-state index is 13.3. The lowest BCUT2D eigenvalue weighted by molar-refractivity contribution is -0.119. The van der Waals surface area contributed by atoms with Crippen LogP contribution in [0, 0.1) is 5.82 Å². The van der Waals surface area contributed by atoms with Gasteiger partial charge in [0.25, 0.3) is 0 Å². The first kappa shape index (κ1) is 14.3. The topological polar surface area (TPSA) is 46.3 Å². The van der Waals surface area contributed by atoms with Crippen LogP contribution < -0.4 is 10.6 Å². The third kappa shape index (κ3) is 2.50. The average molecular weight is 325 g/mol. The minimum atomic E-state index is -0.835. The first-order valence-corrected chi connectivity index (χ1v) is 7.03. The molecule has 1 aliphatic rings. The molecule has 1 amide bonds. The number of amides is 1. The summed E-state index contributed by atoms with van der Waals surface area (Å²) in [5.41, 5.74) is 7.80. The lowest BCUT2D eigenvalue weighted by atomic mass is 10.1. The van der Waals surface area contributed by atoms with Crippen LogP contribution in [-0.4, -0.2) is 5.91 Å². The Labute approximate surface area is 131 Å². The molecule has 3 rings (SSSR count). The van der Waals surface area contributed by atoms with Gasteiger partial charge in [-0.2, -0.15) is 0 Å². The third-order valence-electron chi connectivity index (χ3n) is 3.47. The van der Waals surface area contributed by atoms with Crippen LogP contribution in [0.5, 0.6) is 0 Å². The normalized spacial score (nSPS) is 17.2. The molecule has 0 unspecified atom stereocenters. The highest BCUT2D eigenvalue weighted by Gasteiger charge is 2.35. The van der Waals surface area contributed by atoms with Gasteiger partial charge in [-0.1, -0.05) is 29.3 Å². The van der Waals surface area contributed by atoms with E-state index in [0.717, 1.165) is 5.56 Å². The van der Waals surface area contributed by atoms with Gasteiger partial charge in [0.2, 0.25) is 5.91 Å². The standard InChI is InChI=1S/C15H11Cl2FN2O/c16-11-3-1-8(5-12(11)17)7-20-13-4-2-9(18)6-10(13)14(19)15(20)21/h1-6,14H,7,19H2/t14-/m1/s1. The highest BCUT2D eigenvalue weighted by Crippen LogP contribution is 2.36. The summed E-state index contributed by atoms with van der Waals surface area (Å²) in [5.74, 6) is -0.671. The molecule has 0 aromatic heterocycles. The SMILES string of the molecule is N[C@H]1C(=O)N(Cc2ccc(Cl)c(Cl)c2)c2ccc(F)cc21. The molecule has 2 N–H and O–H groups in total. The van der Waals surface area contributed by atoms with E-state index in [2.05, 4.69) is 0 Å². The second kappa shape index (κ2) is 5.30. The molecule has 2 aromatic rings. The van der Waals surface area contributed by atoms with E-state index in [4.69, 9.17) is 28.9 Å². The second-order valence-corrected chi connectivity index (χ2v) is 5.67. The van der Waals surface area contributed by atoms with Crippen molar-refractivity contribution in [1.29, 1.82) is 0 Å². The van der Waals surface area contributed by atoms with Crippen LogP contribution in [0.3, 0.4) is 0 Å². The fraction of sp³-hybridized carbons (Fsp3) is 0.133. The molecule has 0 spiro atoms. The van der Waals surface area contributed by atoms with Gasteiger partial charge in [-0.05, 0) is 35.9 Å². The van der Waals surface area contributed by atoms with Crippen molar-refractivity contribution in [1.82, 2.24) is 0 Å². The number of hydrogen-bond donors (Lipinski definition) is 1. The van der Waals surface area contributed by atoms with Crippen molar-refractivity contribution in [2.24, 2.45) is 5.73 Å². The number of anilines is 1. The molecule has 1 aliphatic heterocycles. The molecule has 1 atom stereocenters. The van der Waals surface area contributed by atoms with Gasteiger partial charge in [0, 0.05) is 11.3 Å². The molecule has 6 heteroatoms. The molecule has 0 saturated carbocycles. The van der Waals surface area contributed by atoms with E-state index in [-0.39, 0.29) is 5.91 Å². The van der Waals surface area contributed by atoms with Gasteiger partial charge < -0.3 is 10.6 Å². The van der Waals surface area contributed by atoms with Gasteiger partial charge in [-0.15, -0.1) is 0 Å². The summed E-state index contributed by atoms with van der Waals surface area (Å²) in [6.07, 6.45) is 0. The Balaban J connectivity index is 1.96. The molecule has 0 saturated heterocycles. The molecule has 108 valence electrons. The van der Waals surface area contributed by atoms with E-state index in [9.17, 15) is 9.18 Å². The Hall–Kier alpha value is -1.62. The molecule has 2 aromatic carbocycles. The molecular weight excluding hydrogens is 314 g/mol. The lowest BCUT2D eigenvalue weighted by Crippen LogP contribution is -2.31. The number of nitrogens with zero attached hydrogens (tertiary/aromatic N) is 1. The van der Waals surface area contributed by atoms with E-state index in [1.54, 1.807) is 24.3 Å². The largest absolute Gasteiger partial charge is 0.316 e. The summed E-state index contributed by atoms with van der Waals surface area (Å²) >= 11 is 11.8. The van der Waals surface area contributed by atoms with Gasteiger partial charge in [-0.25, -0.2) is 4.39 Å². The number of carbonyl (C=O) groups excluding carboxylic acids is 1. The van der Waals surface area contributed by atoms with Crippen molar-refractivity contribution in [2.45, 2.75) is 12.6 Å². The van der Waals surface area contributed by atoms with E-state index in [1.807, 2.05) is 0 Å². The summed E-state index contributed by atoms with van der Waals surface area (Å²) in [6, 6.07) is 8.49. The minimum absolute atomic E-state index is 0.262. The van der Waals surface area contributed by atoms with Crippen LogP contribution in [0.2, 0.25) is 10.0 Å². The molecule has 1 heterocycles. The van der Waals surface area contributed by atoms with Crippen LogP contribution >= 0.6 is 23.2 Å². The third-order valence-corrected chi connectivity index (χ3v) is 4.21. The quantitative estimate of drug-likeness (QED) is 0.915. The molecular formula is C15H11Cl2FN2O. The van der Waals surface area contributed by atoms with Gasteiger partial charge >= 0.3 is 0 Å². The number of carbonyl (C=O) groups is 1. The Morgan fingerprint density at radius 2 is 1.90 bits per heavy atom. The van der Waals surface area contributed by atoms with Crippen molar-refractivity contribution < 1.29 is 9.18 Å². The minimum Gasteiger partial charge on any atom is -0.316 e. The molecule has 0 radical (unpaired) electrons. The van der Waals surface area contributed by atoms with Gasteiger partial charge in [0.1, 0.15) is 11.9 Å². The van der Waals surface area contributed by atoms with E-state index in [0.29, 0.717) is 27.8 Å². The monoisotopic (exact) mass is 324 g/mol. The fourth-order valence-corrected chi connectivity index (χ4v) is 2.74. The predicted molar refractivity (Wildman–Crippen MR) is 81.0 cm³/mol. The van der Waals surface area contributed by atoms with E-state index in [1.165, 1.54) is 17.0 Å². The predicted octanol–water partition coefficient (Wildman–Crippen LogP) is 3.68. The van der Waals surface area contributed by atoms with Gasteiger partial charge in [0.15, 0.2) is 0 Å². The zero-order chi connectivity index (χ0) is 15.1. The fourth-order valence-electron chi connectivity index (χ4n) is 2.42. The van der Waals surface area contributed by atoms with E-state index >= 15 is 0 Å². The maximum absolute atomic E-state index is 13.3. The number of nitrogens with two attached hydrogens (primary N) is 1. The molecule has 3 nitrogen and oxygen atoms in total. The first-order valence-electron chi connectivity index (χ1n) is 6.27. The Bertz CT molecular complexity index is 736. The zero-order valence-electron chi connectivity index (χ0n) is 10.8. The highest BCUT2D eigenvalue weighted by molar-refractivity contribution is 6.42. The molecule has 0 bridgehead atoms. The second-order valence-electron chi connectivity index (χ2n) is 4.85. The van der Waals surface area contributed by atoms with E-state index < -0.39 is 11.9 Å². The number of hydrogen-bond acceptors (Lipinski definition) is 2. The highest BCUT2D eigenvalue weighted by atomic mass is 35.5. The van der Waals surface area contributed by atoms with Crippen LogP contribution in [-0.2, 0) is 11.3 Å². The van der Waals surface area contributed by atoms with Crippen LogP contribution in [0.25, 0.3) is 0 Å². The first-order chi connectivity index (χ1) is 9.97. The Morgan fingerprint density at radius 3 is 2.62 bits per heavy atom. The smallest absolute Gasteiger partial charge is 0.248 e. The van der Waals surface area contributed by atoms with Crippen molar-refractivity contribution in [3.05, 3.63) is 63.4 Å². The number of fused-ring (bicyclic) bond motifs is 1. The van der Waals surface area contributed by atoms with Crippen molar-refractivity contribution in [2.75, 3.05) is 4.90 Å². The summed E-state index contributed by atoms with van der Waals surface area (Å²) in [4.78, 5) is 13.8.